The Balaban J connectivity index is 1.56. The van der Waals surface area contributed by atoms with Crippen LogP contribution in [0.15, 0.2) is 17.2 Å². The molecule has 0 bridgehead atoms. The number of carbonyl (C=O) groups is 1. The number of nitrogens with zero attached hydrogens (tertiary/aromatic N) is 3. The summed E-state index contributed by atoms with van der Waals surface area (Å²) in [5.41, 5.74) is 6.43. The lowest BCUT2D eigenvalue weighted by Crippen LogP contribution is -2.35. The van der Waals surface area contributed by atoms with Gasteiger partial charge in [0, 0.05) is 24.8 Å². The molecule has 8 nitrogen and oxygen atoms in total. The van der Waals surface area contributed by atoms with Gasteiger partial charge in [0.1, 0.15) is 0 Å². The van der Waals surface area contributed by atoms with E-state index in [2.05, 4.69) is 21.2 Å². The third-order valence-corrected chi connectivity index (χ3v) is 7.51. The third kappa shape index (κ3) is 3.72. The van der Waals surface area contributed by atoms with Crippen molar-refractivity contribution in [1.82, 2.24) is 19.4 Å². The van der Waals surface area contributed by atoms with E-state index < -0.39 is 16.1 Å². The number of carbonyl (C=O) groups excluding carboxylic acids is 1. The Morgan fingerprint density at radius 2 is 1.70 bits per heavy atom. The fourth-order valence-electron chi connectivity index (χ4n) is 4.52. The average Bonchev–Trinajstić information content (AvgIpc) is 3.39. The van der Waals surface area contributed by atoms with Crippen molar-refractivity contribution in [2.75, 3.05) is 19.4 Å². The number of anilines is 1. The number of hydrogen-bond acceptors (Lipinski definition) is 5. The van der Waals surface area contributed by atoms with E-state index in [1.165, 1.54) is 21.9 Å². The smallest absolute Gasteiger partial charge is 0.307 e. The summed E-state index contributed by atoms with van der Waals surface area (Å²) in [5, 5.41) is 6.82. The molecular formula is C21H29N5O3S. The van der Waals surface area contributed by atoms with Crippen molar-refractivity contribution < 1.29 is 13.2 Å². The van der Waals surface area contributed by atoms with Gasteiger partial charge in [0.25, 0.3) is 10.0 Å². The largest absolute Gasteiger partial charge is 0.333 e. The number of fused-ring (bicyclic) bond motifs is 2. The third-order valence-electron chi connectivity index (χ3n) is 6.31. The van der Waals surface area contributed by atoms with Crippen molar-refractivity contribution in [3.05, 3.63) is 40.1 Å². The van der Waals surface area contributed by atoms with Gasteiger partial charge in [-0.15, -0.1) is 0 Å². The monoisotopic (exact) mass is 431 g/mol. The van der Waals surface area contributed by atoms with Gasteiger partial charge in [-0.05, 0) is 81.8 Å². The predicted octanol–water partition coefficient (Wildman–Crippen LogP) is 2.53. The molecule has 0 spiro atoms. The maximum atomic E-state index is 12.8. The second-order valence-corrected chi connectivity index (χ2v) is 10.1. The molecule has 2 aliphatic carbocycles. The van der Waals surface area contributed by atoms with E-state index in [9.17, 15) is 13.2 Å². The zero-order valence-corrected chi connectivity index (χ0v) is 18.8. The first kappa shape index (κ1) is 20.9. The highest BCUT2D eigenvalue weighted by molar-refractivity contribution is 7.90. The van der Waals surface area contributed by atoms with Gasteiger partial charge < -0.3 is 10.2 Å². The number of hydrogen-bond donors (Lipinski definition) is 2. The fraction of sp³-hybridized carbons (Fsp3) is 0.524. The van der Waals surface area contributed by atoms with Gasteiger partial charge in [-0.25, -0.2) is 9.52 Å². The lowest BCUT2D eigenvalue weighted by molar-refractivity contribution is 0.256. The highest BCUT2D eigenvalue weighted by atomic mass is 32.2. The van der Waals surface area contributed by atoms with Crippen molar-refractivity contribution in [2.45, 2.75) is 56.5 Å². The number of amides is 2. The molecule has 2 N–H and O–H groups in total. The number of aromatic nitrogens is 2. The van der Waals surface area contributed by atoms with Crippen LogP contribution < -0.4 is 10.0 Å². The average molecular weight is 432 g/mol. The molecule has 4 rings (SSSR count). The Morgan fingerprint density at radius 1 is 1.10 bits per heavy atom. The first-order chi connectivity index (χ1) is 14.2. The minimum absolute atomic E-state index is 0.0187. The van der Waals surface area contributed by atoms with Crippen LogP contribution in [0.3, 0.4) is 0 Å². The highest BCUT2D eigenvalue weighted by Gasteiger charge is 2.28. The van der Waals surface area contributed by atoms with Crippen molar-refractivity contribution >= 4 is 21.7 Å². The summed E-state index contributed by atoms with van der Waals surface area (Å²) in [6.45, 7) is 1.96. The van der Waals surface area contributed by atoms with Gasteiger partial charge in [-0.3, -0.25) is 4.68 Å². The number of sulfonamides is 1. The molecule has 0 fully saturated rings. The van der Waals surface area contributed by atoms with E-state index in [-0.39, 0.29) is 11.1 Å². The van der Waals surface area contributed by atoms with Crippen LogP contribution in [0.2, 0.25) is 0 Å². The first-order valence-electron chi connectivity index (χ1n) is 10.4. The molecule has 0 unspecified atom stereocenters. The van der Waals surface area contributed by atoms with Crippen molar-refractivity contribution in [2.24, 2.45) is 7.05 Å². The Morgan fingerprint density at radius 3 is 2.27 bits per heavy atom. The minimum atomic E-state index is -4.08. The van der Waals surface area contributed by atoms with Crippen molar-refractivity contribution in [1.29, 1.82) is 0 Å². The molecule has 0 radical (unpaired) electrons. The topological polar surface area (TPSA) is 96.3 Å². The quantitative estimate of drug-likeness (QED) is 0.758. The van der Waals surface area contributed by atoms with Crippen LogP contribution in [-0.4, -0.2) is 43.2 Å². The van der Waals surface area contributed by atoms with E-state index in [4.69, 9.17) is 0 Å². The van der Waals surface area contributed by atoms with E-state index >= 15 is 0 Å². The fourth-order valence-corrected chi connectivity index (χ4v) is 5.43. The number of nitrogens with one attached hydrogen (secondary N) is 2. The van der Waals surface area contributed by atoms with E-state index in [0.29, 0.717) is 0 Å². The lowest BCUT2D eigenvalue weighted by Gasteiger charge is -2.19. The summed E-state index contributed by atoms with van der Waals surface area (Å²) in [4.78, 5) is 14.7. The molecule has 1 atom stereocenters. The van der Waals surface area contributed by atoms with Crippen LogP contribution in [0.4, 0.5) is 10.5 Å². The molecule has 162 valence electrons. The van der Waals surface area contributed by atoms with Gasteiger partial charge in [-0.2, -0.15) is 13.5 Å². The van der Waals surface area contributed by atoms with E-state index in [0.717, 1.165) is 61.0 Å². The first-order valence-corrected chi connectivity index (χ1v) is 11.9. The van der Waals surface area contributed by atoms with Crippen LogP contribution in [0, 0.1) is 0 Å². The predicted molar refractivity (Wildman–Crippen MR) is 115 cm³/mol. The molecular weight excluding hydrogens is 402 g/mol. The molecule has 0 saturated heterocycles. The molecule has 9 heteroatoms. The Hall–Kier alpha value is -2.39. The molecule has 1 heterocycles. The number of aryl methyl sites for hydroxylation is 3. The van der Waals surface area contributed by atoms with Crippen LogP contribution in [0.1, 0.15) is 53.8 Å². The van der Waals surface area contributed by atoms with Crippen LogP contribution in [0.5, 0.6) is 0 Å². The molecule has 1 aromatic carbocycles. The number of urea groups is 1. The zero-order valence-electron chi connectivity index (χ0n) is 17.9. The summed E-state index contributed by atoms with van der Waals surface area (Å²) < 4.78 is 29.3. The summed E-state index contributed by atoms with van der Waals surface area (Å²) in [6.07, 6.45) is 5.98. The number of rotatable bonds is 5. The van der Waals surface area contributed by atoms with Crippen LogP contribution >= 0.6 is 0 Å². The molecule has 1 aromatic heterocycles. The Kier molecular flexibility index (Phi) is 5.36. The molecule has 30 heavy (non-hydrogen) atoms. The zero-order chi connectivity index (χ0) is 21.6. The maximum Gasteiger partial charge on any atom is 0.333 e. The second kappa shape index (κ2) is 7.70. The van der Waals surface area contributed by atoms with Crippen molar-refractivity contribution in [3.8, 4) is 0 Å². The molecule has 2 aromatic rings. The van der Waals surface area contributed by atoms with Gasteiger partial charge >= 0.3 is 6.03 Å². The SMILES string of the molecule is C[C@@H](c1cc(S(=O)(=O)NC(=O)Nc2c3c(cc4c2CCC4)CCC3)nn1C)N(C)C. The summed E-state index contributed by atoms with van der Waals surface area (Å²) in [5.74, 6) is 0. The minimum Gasteiger partial charge on any atom is -0.307 e. The van der Waals surface area contributed by atoms with Gasteiger partial charge in [0.2, 0.25) is 0 Å². The van der Waals surface area contributed by atoms with E-state index in [1.54, 1.807) is 7.05 Å². The lowest BCUT2D eigenvalue weighted by atomic mass is 9.99. The highest BCUT2D eigenvalue weighted by Crippen LogP contribution is 2.38. The standard InChI is InChI=1S/C21H29N5O3S/c1-13(25(2)3)18-12-19(23-26(18)4)30(28,29)24-21(27)22-20-16-9-5-7-14(16)11-15-8-6-10-17(15)20/h11-13H,5-10H2,1-4H3,(H2,22,24,27)/t13-/m0/s1. The van der Waals surface area contributed by atoms with Crippen LogP contribution in [-0.2, 0) is 42.8 Å². The second-order valence-electron chi connectivity index (χ2n) is 8.46. The number of benzene rings is 1. The maximum absolute atomic E-state index is 12.8. The van der Waals surface area contributed by atoms with Gasteiger partial charge in [0.15, 0.2) is 5.03 Å². The van der Waals surface area contributed by atoms with Gasteiger partial charge in [0.05, 0.1) is 5.69 Å². The van der Waals surface area contributed by atoms with Gasteiger partial charge in [-0.1, -0.05) is 6.07 Å². The van der Waals surface area contributed by atoms with Crippen molar-refractivity contribution in [3.63, 3.8) is 0 Å². The molecule has 2 amide bonds. The molecule has 2 aliphatic rings. The molecule has 0 aliphatic heterocycles. The summed E-state index contributed by atoms with van der Waals surface area (Å²) >= 11 is 0. The Bertz CT molecular complexity index is 1070. The Labute approximate surface area is 177 Å². The van der Waals surface area contributed by atoms with E-state index in [1.807, 2.05) is 25.9 Å². The summed E-state index contributed by atoms with van der Waals surface area (Å²) in [6, 6.07) is 3.02. The van der Waals surface area contributed by atoms with Crippen LogP contribution in [0.25, 0.3) is 0 Å². The molecule has 0 saturated carbocycles. The normalized spacial score (nSPS) is 16.4. The summed E-state index contributed by atoms with van der Waals surface area (Å²) in [7, 11) is 1.44.